The van der Waals surface area contributed by atoms with Crippen molar-refractivity contribution in [3.63, 3.8) is 0 Å². The van der Waals surface area contributed by atoms with E-state index in [1.165, 1.54) is 24.2 Å². The van der Waals surface area contributed by atoms with Gasteiger partial charge in [0.1, 0.15) is 23.0 Å². The lowest BCUT2D eigenvalue weighted by Crippen LogP contribution is -1.98. The molecule has 0 saturated heterocycles. The number of aromatic nitrogens is 2. The number of rotatable bonds is 3. The van der Waals surface area contributed by atoms with Crippen LogP contribution in [0.3, 0.4) is 0 Å². The first-order valence-electron chi connectivity index (χ1n) is 5.14. The molecule has 0 radical (unpaired) electrons. The lowest BCUT2D eigenvalue weighted by molar-refractivity contribution is 0.602. The van der Waals surface area contributed by atoms with E-state index in [-0.39, 0.29) is 5.82 Å². The highest BCUT2D eigenvalue weighted by molar-refractivity contribution is 7.99. The quantitative estimate of drug-likeness (QED) is 0.848. The largest absolute Gasteiger partial charge is 0.373 e. The standard InChI is InChI=1S/C12H12FN3S/c1-8-11(14-2)15-7-16-12(8)17-10-6-4-3-5-9(10)13/h3-7H,1-2H3,(H,14,15,16). The number of halogens is 1. The molecule has 0 spiro atoms. The van der Waals surface area contributed by atoms with Gasteiger partial charge in [0, 0.05) is 17.5 Å². The minimum Gasteiger partial charge on any atom is -0.373 e. The predicted octanol–water partition coefficient (Wildman–Crippen LogP) is 3.12. The molecule has 0 amide bonds. The van der Waals surface area contributed by atoms with Crippen molar-refractivity contribution in [2.24, 2.45) is 0 Å². The van der Waals surface area contributed by atoms with E-state index in [0.717, 1.165) is 16.4 Å². The summed E-state index contributed by atoms with van der Waals surface area (Å²) in [6, 6.07) is 6.66. The lowest BCUT2D eigenvalue weighted by Gasteiger charge is -2.08. The van der Waals surface area contributed by atoms with Crippen molar-refractivity contribution < 1.29 is 4.39 Å². The summed E-state index contributed by atoms with van der Waals surface area (Å²) in [7, 11) is 1.80. The maximum atomic E-state index is 13.5. The molecule has 3 nitrogen and oxygen atoms in total. The van der Waals surface area contributed by atoms with Crippen molar-refractivity contribution >= 4 is 17.6 Å². The van der Waals surface area contributed by atoms with Crippen LogP contribution in [0.5, 0.6) is 0 Å². The van der Waals surface area contributed by atoms with Crippen molar-refractivity contribution in [3.05, 3.63) is 42.0 Å². The van der Waals surface area contributed by atoms with Gasteiger partial charge >= 0.3 is 0 Å². The van der Waals surface area contributed by atoms with Crippen LogP contribution in [-0.4, -0.2) is 17.0 Å². The molecule has 0 atom stereocenters. The molecule has 0 bridgehead atoms. The van der Waals surface area contributed by atoms with Gasteiger partial charge in [-0.25, -0.2) is 14.4 Å². The number of anilines is 1. The Labute approximate surface area is 103 Å². The Morgan fingerprint density at radius 1 is 1.24 bits per heavy atom. The van der Waals surface area contributed by atoms with Gasteiger partial charge in [-0.3, -0.25) is 0 Å². The summed E-state index contributed by atoms with van der Waals surface area (Å²) in [5.41, 5.74) is 0.920. The summed E-state index contributed by atoms with van der Waals surface area (Å²) >= 11 is 1.30. The molecule has 0 aliphatic rings. The first kappa shape index (κ1) is 11.9. The van der Waals surface area contributed by atoms with E-state index in [2.05, 4.69) is 15.3 Å². The fraction of sp³-hybridized carbons (Fsp3) is 0.167. The van der Waals surface area contributed by atoms with E-state index in [1.807, 2.05) is 6.92 Å². The fourth-order valence-electron chi connectivity index (χ4n) is 1.42. The Hall–Kier alpha value is -1.62. The van der Waals surface area contributed by atoms with Crippen molar-refractivity contribution in [3.8, 4) is 0 Å². The average Bonchev–Trinajstić information content (AvgIpc) is 2.34. The number of hydrogen-bond donors (Lipinski definition) is 1. The third-order valence-electron chi connectivity index (χ3n) is 2.32. The van der Waals surface area contributed by atoms with Crippen LogP contribution in [0.4, 0.5) is 10.2 Å². The average molecular weight is 249 g/mol. The van der Waals surface area contributed by atoms with Crippen molar-refractivity contribution in [2.75, 3.05) is 12.4 Å². The summed E-state index contributed by atoms with van der Waals surface area (Å²) in [6.45, 7) is 1.91. The topological polar surface area (TPSA) is 37.8 Å². The van der Waals surface area contributed by atoms with Gasteiger partial charge in [0.15, 0.2) is 0 Å². The van der Waals surface area contributed by atoms with Gasteiger partial charge in [-0.2, -0.15) is 0 Å². The van der Waals surface area contributed by atoms with Crippen molar-refractivity contribution in [1.29, 1.82) is 0 Å². The third-order valence-corrected chi connectivity index (χ3v) is 3.47. The van der Waals surface area contributed by atoms with E-state index < -0.39 is 0 Å². The third kappa shape index (κ3) is 2.55. The Balaban J connectivity index is 2.34. The van der Waals surface area contributed by atoms with Gasteiger partial charge in [0.05, 0.1) is 0 Å². The van der Waals surface area contributed by atoms with E-state index in [4.69, 9.17) is 0 Å². The van der Waals surface area contributed by atoms with Gasteiger partial charge in [-0.05, 0) is 19.1 Å². The van der Waals surface area contributed by atoms with E-state index >= 15 is 0 Å². The second-order valence-corrected chi connectivity index (χ2v) is 4.47. The molecular weight excluding hydrogens is 237 g/mol. The molecule has 5 heteroatoms. The molecule has 0 aliphatic heterocycles. The Morgan fingerprint density at radius 3 is 2.71 bits per heavy atom. The smallest absolute Gasteiger partial charge is 0.137 e. The Kier molecular flexibility index (Phi) is 3.58. The molecule has 0 fully saturated rings. The predicted molar refractivity (Wildman–Crippen MR) is 66.8 cm³/mol. The van der Waals surface area contributed by atoms with Crippen LogP contribution in [0.1, 0.15) is 5.56 Å². The zero-order valence-electron chi connectivity index (χ0n) is 9.57. The molecule has 0 unspecified atom stereocenters. The first-order valence-corrected chi connectivity index (χ1v) is 5.95. The van der Waals surface area contributed by atoms with Crippen LogP contribution in [0.15, 0.2) is 40.5 Å². The SMILES string of the molecule is CNc1ncnc(Sc2ccccc2F)c1C. The second kappa shape index (κ2) is 5.14. The molecule has 17 heavy (non-hydrogen) atoms. The zero-order valence-corrected chi connectivity index (χ0v) is 10.4. The molecule has 2 aromatic rings. The molecule has 1 aromatic carbocycles. The first-order chi connectivity index (χ1) is 8.22. The van der Waals surface area contributed by atoms with Crippen LogP contribution in [-0.2, 0) is 0 Å². The molecule has 88 valence electrons. The number of nitrogens with one attached hydrogen (secondary N) is 1. The van der Waals surface area contributed by atoms with E-state index in [1.54, 1.807) is 25.2 Å². The molecule has 2 rings (SSSR count). The summed E-state index contributed by atoms with van der Waals surface area (Å²) in [6.07, 6.45) is 1.47. The maximum absolute atomic E-state index is 13.5. The van der Waals surface area contributed by atoms with E-state index in [0.29, 0.717) is 4.90 Å². The molecule has 1 N–H and O–H groups in total. The van der Waals surface area contributed by atoms with Gasteiger partial charge < -0.3 is 5.32 Å². The second-order valence-electron chi connectivity index (χ2n) is 3.43. The number of benzene rings is 1. The van der Waals surface area contributed by atoms with Crippen LogP contribution < -0.4 is 5.32 Å². The van der Waals surface area contributed by atoms with Crippen molar-refractivity contribution in [2.45, 2.75) is 16.8 Å². The molecule has 0 aliphatic carbocycles. The Morgan fingerprint density at radius 2 is 2.00 bits per heavy atom. The summed E-state index contributed by atoms with van der Waals surface area (Å²) in [5.74, 6) is 0.528. The zero-order chi connectivity index (χ0) is 12.3. The number of hydrogen-bond acceptors (Lipinski definition) is 4. The fourth-order valence-corrected chi connectivity index (χ4v) is 2.29. The van der Waals surface area contributed by atoms with Gasteiger partial charge in [-0.1, -0.05) is 23.9 Å². The summed E-state index contributed by atoms with van der Waals surface area (Å²) in [5, 5.41) is 3.74. The van der Waals surface area contributed by atoms with Crippen molar-refractivity contribution in [1.82, 2.24) is 9.97 Å². The monoisotopic (exact) mass is 249 g/mol. The van der Waals surface area contributed by atoms with Gasteiger partial charge in [0.25, 0.3) is 0 Å². The Bertz CT molecular complexity index is 531. The maximum Gasteiger partial charge on any atom is 0.137 e. The van der Waals surface area contributed by atoms with Crippen LogP contribution in [0.25, 0.3) is 0 Å². The van der Waals surface area contributed by atoms with Crippen LogP contribution in [0.2, 0.25) is 0 Å². The molecule has 0 saturated carbocycles. The highest BCUT2D eigenvalue weighted by Crippen LogP contribution is 2.31. The van der Waals surface area contributed by atoms with Gasteiger partial charge in [0.2, 0.25) is 0 Å². The molecule has 1 aromatic heterocycles. The minimum atomic E-state index is -0.235. The van der Waals surface area contributed by atoms with Crippen LogP contribution >= 0.6 is 11.8 Å². The molecule has 1 heterocycles. The van der Waals surface area contributed by atoms with Crippen LogP contribution in [0, 0.1) is 12.7 Å². The summed E-state index contributed by atoms with van der Waals surface area (Å²) in [4.78, 5) is 8.83. The molecular formula is C12H12FN3S. The normalized spacial score (nSPS) is 10.3. The summed E-state index contributed by atoms with van der Waals surface area (Å²) < 4.78 is 13.5. The van der Waals surface area contributed by atoms with E-state index in [9.17, 15) is 4.39 Å². The number of nitrogens with zero attached hydrogens (tertiary/aromatic N) is 2. The lowest BCUT2D eigenvalue weighted by atomic mass is 10.3. The minimum absolute atomic E-state index is 0.235. The highest BCUT2D eigenvalue weighted by atomic mass is 32.2. The highest BCUT2D eigenvalue weighted by Gasteiger charge is 2.09. The van der Waals surface area contributed by atoms with Gasteiger partial charge in [-0.15, -0.1) is 0 Å².